The number of aliphatic hydroxyl groups is 1. The van der Waals surface area contributed by atoms with Crippen LogP contribution in [0.4, 0.5) is 0 Å². The Morgan fingerprint density at radius 2 is 2.14 bits per heavy atom. The number of halogens is 1. The predicted octanol–water partition coefficient (Wildman–Crippen LogP) is 1.91. The Morgan fingerprint density at radius 3 is 2.67 bits per heavy atom. The lowest BCUT2D eigenvalue weighted by molar-refractivity contribution is -0.123. The highest BCUT2D eigenvalue weighted by molar-refractivity contribution is 9.11. The molecule has 0 aromatic carbocycles. The molecule has 0 unspecified atom stereocenters. The highest BCUT2D eigenvalue weighted by Gasteiger charge is 2.32. The molecule has 1 heterocycles. The van der Waals surface area contributed by atoms with Crippen LogP contribution < -0.4 is 10.6 Å². The van der Waals surface area contributed by atoms with Crippen LogP contribution in [0.3, 0.4) is 0 Å². The number of hydrogen-bond donors (Lipinski definition) is 3. The van der Waals surface area contributed by atoms with Crippen molar-refractivity contribution in [1.82, 2.24) is 10.6 Å². The van der Waals surface area contributed by atoms with Crippen molar-refractivity contribution in [3.05, 3.63) is 20.8 Å². The summed E-state index contributed by atoms with van der Waals surface area (Å²) >= 11 is 4.63. The van der Waals surface area contributed by atoms with Crippen molar-refractivity contribution in [2.45, 2.75) is 38.3 Å². The molecule has 2 atom stereocenters. The monoisotopic (exact) mass is 374 g/mol. The molecule has 2 rings (SSSR count). The van der Waals surface area contributed by atoms with Crippen molar-refractivity contribution in [3.63, 3.8) is 0 Å². The van der Waals surface area contributed by atoms with E-state index in [1.54, 1.807) is 19.1 Å². The van der Waals surface area contributed by atoms with E-state index < -0.39 is 6.04 Å². The van der Waals surface area contributed by atoms with E-state index in [0.717, 1.165) is 16.6 Å². The van der Waals surface area contributed by atoms with Crippen LogP contribution in [0.15, 0.2) is 15.9 Å². The molecular weight excluding hydrogens is 356 g/mol. The minimum Gasteiger partial charge on any atom is -0.396 e. The van der Waals surface area contributed by atoms with Crippen molar-refractivity contribution in [3.8, 4) is 0 Å². The van der Waals surface area contributed by atoms with E-state index in [9.17, 15) is 9.59 Å². The molecule has 1 saturated carbocycles. The minimum atomic E-state index is -0.599. The van der Waals surface area contributed by atoms with Crippen LogP contribution in [0.25, 0.3) is 0 Å². The van der Waals surface area contributed by atoms with Crippen molar-refractivity contribution in [2.24, 2.45) is 5.92 Å². The van der Waals surface area contributed by atoms with Crippen LogP contribution in [0.2, 0.25) is 0 Å². The zero-order valence-electron chi connectivity index (χ0n) is 11.8. The molecule has 0 aliphatic heterocycles. The van der Waals surface area contributed by atoms with E-state index in [2.05, 4.69) is 26.6 Å². The molecule has 0 saturated heterocycles. The molecule has 1 aromatic heterocycles. The highest BCUT2D eigenvalue weighted by atomic mass is 79.9. The number of amides is 2. The van der Waals surface area contributed by atoms with Crippen molar-refractivity contribution >= 4 is 39.1 Å². The maximum atomic E-state index is 12.1. The Morgan fingerprint density at radius 1 is 1.43 bits per heavy atom. The first-order valence-corrected chi connectivity index (χ1v) is 8.59. The zero-order chi connectivity index (χ0) is 15.4. The lowest BCUT2D eigenvalue weighted by Gasteiger charge is -2.20. The third kappa shape index (κ3) is 4.79. The standard InChI is InChI=1S/C14H19BrN2O3S/c1-8(16-14(20)11-4-5-12(15)21-11)13(19)17-10(6-7-18)9-2-3-9/h4-5,8-10,18H,2-3,6-7H2,1H3,(H,16,20)(H,17,19)/t8-,10-/m0/s1. The summed E-state index contributed by atoms with van der Waals surface area (Å²) in [6, 6.07) is 2.93. The van der Waals surface area contributed by atoms with Crippen LogP contribution in [0.5, 0.6) is 0 Å². The molecule has 0 spiro atoms. The second-order valence-electron chi connectivity index (χ2n) is 5.26. The van der Waals surface area contributed by atoms with Crippen LogP contribution in [0.1, 0.15) is 35.9 Å². The van der Waals surface area contributed by atoms with Gasteiger partial charge in [-0.25, -0.2) is 0 Å². The fourth-order valence-electron chi connectivity index (χ4n) is 2.14. The maximum absolute atomic E-state index is 12.1. The summed E-state index contributed by atoms with van der Waals surface area (Å²) < 4.78 is 0.876. The number of aliphatic hydroxyl groups excluding tert-OH is 1. The van der Waals surface area contributed by atoms with Gasteiger partial charge in [0.1, 0.15) is 6.04 Å². The Balaban J connectivity index is 1.85. The van der Waals surface area contributed by atoms with Gasteiger partial charge in [0.15, 0.2) is 0 Å². The maximum Gasteiger partial charge on any atom is 0.262 e. The Hall–Kier alpha value is -0.920. The molecule has 1 aliphatic rings. The topological polar surface area (TPSA) is 78.4 Å². The van der Waals surface area contributed by atoms with Crippen LogP contribution >= 0.6 is 27.3 Å². The first kappa shape index (κ1) is 16.5. The van der Waals surface area contributed by atoms with Crippen molar-refractivity contribution in [1.29, 1.82) is 0 Å². The molecule has 116 valence electrons. The lowest BCUT2D eigenvalue weighted by atomic mass is 10.1. The average molecular weight is 375 g/mol. The molecule has 0 bridgehead atoms. The third-order valence-corrected chi connectivity index (χ3v) is 5.12. The minimum absolute atomic E-state index is 0.0118. The first-order valence-electron chi connectivity index (χ1n) is 6.98. The largest absolute Gasteiger partial charge is 0.396 e. The molecule has 1 aliphatic carbocycles. The van der Waals surface area contributed by atoms with E-state index in [1.807, 2.05) is 0 Å². The van der Waals surface area contributed by atoms with Gasteiger partial charge in [0, 0.05) is 12.6 Å². The number of nitrogens with one attached hydrogen (secondary N) is 2. The summed E-state index contributed by atoms with van der Waals surface area (Å²) in [7, 11) is 0. The molecule has 7 heteroatoms. The van der Waals surface area contributed by atoms with Crippen LogP contribution in [0, 0.1) is 5.92 Å². The summed E-state index contributed by atoms with van der Waals surface area (Å²) in [6.07, 6.45) is 2.75. The summed E-state index contributed by atoms with van der Waals surface area (Å²) in [5.74, 6) is 0.0139. The summed E-state index contributed by atoms with van der Waals surface area (Å²) in [4.78, 5) is 24.7. The number of thiophene rings is 1. The smallest absolute Gasteiger partial charge is 0.262 e. The second kappa shape index (κ2) is 7.38. The average Bonchev–Trinajstić information content (AvgIpc) is 3.19. The molecule has 5 nitrogen and oxygen atoms in total. The summed E-state index contributed by atoms with van der Waals surface area (Å²) in [5.41, 5.74) is 0. The van der Waals surface area contributed by atoms with Crippen molar-refractivity contribution in [2.75, 3.05) is 6.61 Å². The normalized spacial score (nSPS) is 17.1. The van der Waals surface area contributed by atoms with Crippen molar-refractivity contribution < 1.29 is 14.7 Å². The fourth-order valence-corrected chi connectivity index (χ4v) is 3.43. The first-order chi connectivity index (χ1) is 10.0. The lowest BCUT2D eigenvalue weighted by Crippen LogP contribution is -2.48. The Labute approximate surface area is 136 Å². The highest BCUT2D eigenvalue weighted by Crippen LogP contribution is 2.33. The summed E-state index contributed by atoms with van der Waals surface area (Å²) in [6.45, 7) is 1.73. The van der Waals surface area contributed by atoms with Gasteiger partial charge in [-0.2, -0.15) is 0 Å². The van der Waals surface area contributed by atoms with Gasteiger partial charge in [-0.05, 0) is 60.2 Å². The fraction of sp³-hybridized carbons (Fsp3) is 0.571. The molecule has 1 aromatic rings. The Bertz CT molecular complexity index is 516. The van der Waals surface area contributed by atoms with Crippen LogP contribution in [-0.2, 0) is 4.79 Å². The zero-order valence-corrected chi connectivity index (χ0v) is 14.2. The quantitative estimate of drug-likeness (QED) is 0.681. The molecule has 21 heavy (non-hydrogen) atoms. The predicted molar refractivity (Wildman–Crippen MR) is 85.3 cm³/mol. The van der Waals surface area contributed by atoms with Gasteiger partial charge in [0.05, 0.1) is 8.66 Å². The van der Waals surface area contributed by atoms with E-state index in [1.165, 1.54) is 11.3 Å². The van der Waals surface area contributed by atoms with Gasteiger partial charge in [0.25, 0.3) is 5.91 Å². The number of hydrogen-bond acceptors (Lipinski definition) is 4. The van der Waals surface area contributed by atoms with E-state index in [-0.39, 0.29) is 24.5 Å². The van der Waals surface area contributed by atoms with E-state index in [0.29, 0.717) is 17.2 Å². The van der Waals surface area contributed by atoms with Gasteiger partial charge >= 0.3 is 0 Å². The van der Waals surface area contributed by atoms with Gasteiger partial charge in [0.2, 0.25) is 5.91 Å². The van der Waals surface area contributed by atoms with Gasteiger partial charge < -0.3 is 15.7 Å². The second-order valence-corrected chi connectivity index (χ2v) is 7.73. The molecule has 2 amide bonds. The van der Waals surface area contributed by atoms with Gasteiger partial charge in [-0.1, -0.05) is 0 Å². The van der Waals surface area contributed by atoms with E-state index in [4.69, 9.17) is 5.11 Å². The molecule has 0 radical (unpaired) electrons. The van der Waals surface area contributed by atoms with Gasteiger partial charge in [-0.15, -0.1) is 11.3 Å². The molecule has 1 fully saturated rings. The van der Waals surface area contributed by atoms with E-state index >= 15 is 0 Å². The number of rotatable bonds is 7. The SMILES string of the molecule is C[C@H](NC(=O)c1ccc(Br)s1)C(=O)N[C@@H](CCO)C1CC1. The number of carbonyl (C=O) groups excluding carboxylic acids is 2. The number of carbonyl (C=O) groups is 2. The van der Waals surface area contributed by atoms with Gasteiger partial charge in [-0.3, -0.25) is 9.59 Å². The third-order valence-electron chi connectivity index (χ3n) is 3.50. The Kier molecular flexibility index (Phi) is 5.78. The van der Waals surface area contributed by atoms with Crippen LogP contribution in [-0.4, -0.2) is 35.6 Å². The molecule has 3 N–H and O–H groups in total. The molecular formula is C14H19BrN2O3S. The summed E-state index contributed by atoms with van der Waals surface area (Å²) in [5, 5.41) is 14.7.